The molecule has 0 unspecified atom stereocenters. The Morgan fingerprint density at radius 1 is 1.17 bits per heavy atom. The quantitative estimate of drug-likeness (QED) is 0.300. The predicted octanol–water partition coefficient (Wildman–Crippen LogP) is 4.21. The highest BCUT2D eigenvalue weighted by Crippen LogP contribution is 2.21. The van der Waals surface area contributed by atoms with Gasteiger partial charge in [-0.15, -0.1) is 24.0 Å². The Bertz CT molecular complexity index is 832. The van der Waals surface area contributed by atoms with E-state index in [4.69, 9.17) is 9.47 Å². The first-order valence-electron chi connectivity index (χ1n) is 9.11. The molecule has 1 heterocycles. The molecule has 0 amide bonds. The maximum atomic E-state index is 12.4. The van der Waals surface area contributed by atoms with Crippen molar-refractivity contribution in [1.82, 2.24) is 15.6 Å². The first-order chi connectivity index (χ1) is 13.8. The molecule has 2 aromatic rings. The first-order valence-corrected chi connectivity index (χ1v) is 9.11. The van der Waals surface area contributed by atoms with Crippen molar-refractivity contribution in [1.29, 1.82) is 0 Å². The van der Waals surface area contributed by atoms with E-state index in [2.05, 4.69) is 20.6 Å². The topological polar surface area (TPSA) is 67.8 Å². The number of alkyl halides is 3. The van der Waals surface area contributed by atoms with Crippen molar-refractivity contribution in [2.45, 2.75) is 33.1 Å². The average Bonchev–Trinajstić information content (AvgIpc) is 2.69. The molecule has 2 N–H and O–H groups in total. The molecule has 2 rings (SSSR count). The molecule has 0 spiro atoms. The van der Waals surface area contributed by atoms with Gasteiger partial charge in [0.25, 0.3) is 0 Å². The maximum absolute atomic E-state index is 12.4. The lowest BCUT2D eigenvalue weighted by molar-refractivity contribution is -0.154. The zero-order valence-corrected chi connectivity index (χ0v) is 19.4. The van der Waals surface area contributed by atoms with Crippen molar-refractivity contribution in [2.75, 3.05) is 20.3 Å². The van der Waals surface area contributed by atoms with Crippen molar-refractivity contribution in [2.24, 2.45) is 4.99 Å². The Balaban J connectivity index is 0.00000450. The van der Waals surface area contributed by atoms with Gasteiger partial charge in [-0.05, 0) is 31.5 Å². The average molecular weight is 538 g/mol. The Labute approximate surface area is 191 Å². The van der Waals surface area contributed by atoms with E-state index >= 15 is 0 Å². The maximum Gasteiger partial charge on any atom is 0.422 e. The van der Waals surface area contributed by atoms with Gasteiger partial charge in [-0.3, -0.25) is 0 Å². The molecule has 6 nitrogen and oxygen atoms in total. The third-order valence-corrected chi connectivity index (χ3v) is 3.86. The van der Waals surface area contributed by atoms with Crippen LogP contribution in [0.3, 0.4) is 0 Å². The summed E-state index contributed by atoms with van der Waals surface area (Å²) in [5.41, 5.74) is 2.51. The summed E-state index contributed by atoms with van der Waals surface area (Å²) >= 11 is 0. The van der Waals surface area contributed by atoms with Gasteiger partial charge in [-0.25, -0.2) is 9.98 Å². The Kier molecular flexibility index (Phi) is 10.7. The molecule has 0 saturated carbocycles. The minimum absolute atomic E-state index is 0. The molecule has 0 aliphatic carbocycles. The lowest BCUT2D eigenvalue weighted by Crippen LogP contribution is -2.36. The van der Waals surface area contributed by atoms with Crippen LogP contribution in [-0.2, 0) is 13.1 Å². The highest BCUT2D eigenvalue weighted by molar-refractivity contribution is 14.0. The number of nitrogens with one attached hydrogen (secondary N) is 2. The summed E-state index contributed by atoms with van der Waals surface area (Å²) in [6, 6.07) is 9.16. The standard InChI is InChI=1S/C20H25F3N4O2.HI/c1-4-24-19(26-11-15-8-7-14(2)10-17(15)28-3)27-12-16-6-5-9-25-18(16)29-13-20(21,22)23;/h5-10H,4,11-13H2,1-3H3,(H2,24,26,27);1H. The van der Waals surface area contributed by atoms with Crippen molar-refractivity contribution < 1.29 is 22.6 Å². The van der Waals surface area contributed by atoms with E-state index in [-0.39, 0.29) is 36.4 Å². The van der Waals surface area contributed by atoms with Gasteiger partial charge >= 0.3 is 6.18 Å². The minimum Gasteiger partial charge on any atom is -0.496 e. The summed E-state index contributed by atoms with van der Waals surface area (Å²) in [6.07, 6.45) is -3.05. The van der Waals surface area contributed by atoms with E-state index in [9.17, 15) is 13.2 Å². The monoisotopic (exact) mass is 538 g/mol. The number of hydrogen-bond acceptors (Lipinski definition) is 4. The van der Waals surface area contributed by atoms with Crippen LogP contribution in [0.25, 0.3) is 0 Å². The number of halogens is 4. The summed E-state index contributed by atoms with van der Waals surface area (Å²) in [7, 11) is 1.61. The zero-order valence-electron chi connectivity index (χ0n) is 17.0. The van der Waals surface area contributed by atoms with Crippen LogP contribution in [0.1, 0.15) is 23.6 Å². The fourth-order valence-corrected chi connectivity index (χ4v) is 2.51. The van der Waals surface area contributed by atoms with Crippen LogP contribution in [-0.4, -0.2) is 37.4 Å². The van der Waals surface area contributed by atoms with Gasteiger partial charge in [0.15, 0.2) is 12.6 Å². The molecule has 0 saturated heterocycles. The molecule has 0 bridgehead atoms. The number of benzene rings is 1. The molecular formula is C20H26F3IN4O2. The summed E-state index contributed by atoms with van der Waals surface area (Å²) in [4.78, 5) is 8.31. The van der Waals surface area contributed by atoms with Crippen LogP contribution in [0, 0.1) is 6.92 Å². The van der Waals surface area contributed by atoms with Crippen LogP contribution in [0.4, 0.5) is 13.2 Å². The number of hydrogen-bond donors (Lipinski definition) is 2. The number of aryl methyl sites for hydroxylation is 1. The SMILES string of the molecule is CCNC(=NCc1cccnc1OCC(F)(F)F)NCc1ccc(C)cc1OC.I. The highest BCUT2D eigenvalue weighted by atomic mass is 127. The van der Waals surface area contributed by atoms with Gasteiger partial charge < -0.3 is 20.1 Å². The number of methoxy groups -OCH3 is 1. The number of nitrogens with zero attached hydrogens (tertiary/aromatic N) is 2. The normalized spacial score (nSPS) is 11.5. The third-order valence-electron chi connectivity index (χ3n) is 3.86. The Morgan fingerprint density at radius 2 is 1.93 bits per heavy atom. The number of pyridine rings is 1. The lowest BCUT2D eigenvalue weighted by atomic mass is 10.1. The number of rotatable bonds is 8. The predicted molar refractivity (Wildman–Crippen MR) is 121 cm³/mol. The second-order valence-electron chi connectivity index (χ2n) is 6.24. The number of aromatic nitrogens is 1. The molecule has 30 heavy (non-hydrogen) atoms. The van der Waals surface area contributed by atoms with Gasteiger partial charge in [-0.1, -0.05) is 18.2 Å². The summed E-state index contributed by atoms with van der Waals surface area (Å²) in [5, 5.41) is 6.30. The Morgan fingerprint density at radius 3 is 2.60 bits per heavy atom. The second-order valence-corrected chi connectivity index (χ2v) is 6.24. The van der Waals surface area contributed by atoms with Crippen molar-refractivity contribution in [3.8, 4) is 11.6 Å². The summed E-state index contributed by atoms with van der Waals surface area (Å²) in [6.45, 7) is 3.72. The van der Waals surface area contributed by atoms with E-state index in [1.807, 2.05) is 32.0 Å². The van der Waals surface area contributed by atoms with E-state index in [1.165, 1.54) is 6.20 Å². The summed E-state index contributed by atoms with van der Waals surface area (Å²) < 4.78 is 47.5. The molecule has 0 aliphatic rings. The zero-order chi connectivity index (χ0) is 21.3. The van der Waals surface area contributed by atoms with Gasteiger partial charge in [0.05, 0.1) is 13.7 Å². The first kappa shape index (κ1) is 25.8. The lowest BCUT2D eigenvalue weighted by Gasteiger charge is -2.14. The van der Waals surface area contributed by atoms with E-state index in [1.54, 1.807) is 19.2 Å². The van der Waals surface area contributed by atoms with Crippen molar-refractivity contribution in [3.63, 3.8) is 0 Å². The molecule has 0 atom stereocenters. The van der Waals surface area contributed by atoms with E-state index in [0.29, 0.717) is 24.6 Å². The smallest absolute Gasteiger partial charge is 0.422 e. The molecule has 0 radical (unpaired) electrons. The molecule has 1 aromatic carbocycles. The fraction of sp³-hybridized carbons (Fsp3) is 0.400. The highest BCUT2D eigenvalue weighted by Gasteiger charge is 2.29. The van der Waals surface area contributed by atoms with Crippen LogP contribution >= 0.6 is 24.0 Å². The molecule has 0 aliphatic heterocycles. The number of ether oxygens (including phenoxy) is 2. The van der Waals surface area contributed by atoms with Gasteiger partial charge in [0.1, 0.15) is 5.75 Å². The van der Waals surface area contributed by atoms with Crippen molar-refractivity contribution >= 4 is 29.9 Å². The molecule has 10 heteroatoms. The summed E-state index contributed by atoms with van der Waals surface area (Å²) in [5.74, 6) is 1.20. The molecule has 0 fully saturated rings. The number of aliphatic imine (C=N–C) groups is 1. The van der Waals surface area contributed by atoms with E-state index in [0.717, 1.165) is 16.9 Å². The minimum atomic E-state index is -4.43. The number of guanidine groups is 1. The van der Waals surface area contributed by atoms with Crippen LogP contribution in [0.2, 0.25) is 0 Å². The molecular weight excluding hydrogens is 512 g/mol. The van der Waals surface area contributed by atoms with Crippen LogP contribution in [0.5, 0.6) is 11.6 Å². The van der Waals surface area contributed by atoms with Crippen molar-refractivity contribution in [3.05, 3.63) is 53.2 Å². The second kappa shape index (κ2) is 12.5. The van der Waals surface area contributed by atoms with Crippen LogP contribution < -0.4 is 20.1 Å². The van der Waals surface area contributed by atoms with Crippen LogP contribution in [0.15, 0.2) is 41.5 Å². The van der Waals surface area contributed by atoms with Gasteiger partial charge in [0.2, 0.25) is 5.88 Å². The largest absolute Gasteiger partial charge is 0.496 e. The van der Waals surface area contributed by atoms with Gasteiger partial charge in [-0.2, -0.15) is 13.2 Å². The van der Waals surface area contributed by atoms with E-state index < -0.39 is 12.8 Å². The third kappa shape index (κ3) is 8.64. The molecule has 166 valence electrons. The Hall–Kier alpha value is -2.24. The van der Waals surface area contributed by atoms with Gasteiger partial charge in [0, 0.05) is 30.4 Å². The molecule has 1 aromatic heterocycles. The fourth-order valence-electron chi connectivity index (χ4n) is 2.51.